The smallest absolute Gasteiger partial charge is 0.256 e. The van der Waals surface area contributed by atoms with Gasteiger partial charge < -0.3 is 24.5 Å². The quantitative estimate of drug-likeness (QED) is 0.562. The average molecular weight is 424 g/mol. The molecule has 2 N–H and O–H groups in total. The second-order valence-electron chi connectivity index (χ2n) is 6.45. The molecular weight excluding hydrogens is 404 g/mol. The van der Waals surface area contributed by atoms with Crippen molar-refractivity contribution in [3.05, 3.63) is 72.2 Å². The lowest BCUT2D eigenvalue weighted by molar-refractivity contribution is -0.118. The van der Waals surface area contributed by atoms with Crippen LogP contribution in [0.25, 0.3) is 0 Å². The van der Waals surface area contributed by atoms with Crippen molar-refractivity contribution in [3.63, 3.8) is 0 Å². The van der Waals surface area contributed by atoms with Crippen LogP contribution < -0.4 is 20.1 Å². The van der Waals surface area contributed by atoms with Gasteiger partial charge in [-0.1, -0.05) is 12.1 Å². The predicted molar refractivity (Wildman–Crippen MR) is 113 cm³/mol. The van der Waals surface area contributed by atoms with Gasteiger partial charge in [0, 0.05) is 16.6 Å². The van der Waals surface area contributed by atoms with Crippen LogP contribution >= 0.6 is 11.8 Å². The third kappa shape index (κ3) is 4.96. The van der Waals surface area contributed by atoms with E-state index in [1.807, 2.05) is 12.1 Å². The molecule has 4 rings (SSSR count). The minimum absolute atomic E-state index is 0.140. The first kappa shape index (κ1) is 19.9. The SMILES string of the molecule is O=C(CSc1ccccc1C(=O)Nc1ccc2c(c1)OCCO2)NCc1ccco1. The zero-order valence-electron chi connectivity index (χ0n) is 16.1. The molecule has 0 spiro atoms. The number of amides is 2. The van der Waals surface area contributed by atoms with Crippen molar-refractivity contribution in [1.29, 1.82) is 0 Å². The first-order valence-corrected chi connectivity index (χ1v) is 10.4. The van der Waals surface area contributed by atoms with Gasteiger partial charge in [-0.25, -0.2) is 0 Å². The normalized spacial score (nSPS) is 12.3. The van der Waals surface area contributed by atoms with Crippen molar-refractivity contribution in [2.75, 3.05) is 24.3 Å². The molecule has 0 aliphatic carbocycles. The number of rotatable bonds is 7. The summed E-state index contributed by atoms with van der Waals surface area (Å²) in [5.41, 5.74) is 1.11. The van der Waals surface area contributed by atoms with E-state index in [1.165, 1.54) is 11.8 Å². The molecule has 0 bridgehead atoms. The van der Waals surface area contributed by atoms with Gasteiger partial charge in [0.05, 0.1) is 24.1 Å². The Morgan fingerprint density at radius 1 is 0.967 bits per heavy atom. The highest BCUT2D eigenvalue weighted by Crippen LogP contribution is 2.33. The summed E-state index contributed by atoms with van der Waals surface area (Å²) in [5.74, 6) is 1.75. The highest BCUT2D eigenvalue weighted by Gasteiger charge is 2.16. The van der Waals surface area contributed by atoms with Gasteiger partial charge in [-0.05, 0) is 36.4 Å². The molecule has 0 unspecified atom stereocenters. The molecule has 3 aromatic rings. The number of hydrogen-bond donors (Lipinski definition) is 2. The molecule has 8 heteroatoms. The molecule has 0 saturated carbocycles. The Bertz CT molecular complexity index is 1040. The van der Waals surface area contributed by atoms with Crippen molar-refractivity contribution in [2.24, 2.45) is 0 Å². The van der Waals surface area contributed by atoms with Crippen LogP contribution in [0.3, 0.4) is 0 Å². The number of thioether (sulfide) groups is 1. The summed E-state index contributed by atoms with van der Waals surface area (Å²) in [6.07, 6.45) is 1.56. The largest absolute Gasteiger partial charge is 0.486 e. The monoisotopic (exact) mass is 424 g/mol. The Morgan fingerprint density at radius 2 is 1.80 bits per heavy atom. The fraction of sp³-hybridized carbons (Fsp3) is 0.182. The maximum Gasteiger partial charge on any atom is 0.256 e. The van der Waals surface area contributed by atoms with E-state index in [9.17, 15) is 9.59 Å². The summed E-state index contributed by atoms with van der Waals surface area (Å²) < 4.78 is 16.3. The molecule has 1 aliphatic rings. The summed E-state index contributed by atoms with van der Waals surface area (Å²) in [5, 5.41) is 5.67. The standard InChI is InChI=1S/C22H20N2O5S/c25-21(23-13-16-4-3-9-27-16)14-30-20-6-2-1-5-17(20)22(26)24-15-7-8-18-19(12-15)29-11-10-28-18/h1-9,12H,10-11,13-14H2,(H,23,25)(H,24,26). The third-order valence-electron chi connectivity index (χ3n) is 4.33. The first-order chi connectivity index (χ1) is 14.7. The lowest BCUT2D eigenvalue weighted by atomic mass is 10.2. The number of fused-ring (bicyclic) bond motifs is 1. The fourth-order valence-corrected chi connectivity index (χ4v) is 3.77. The zero-order chi connectivity index (χ0) is 20.8. The maximum atomic E-state index is 12.8. The maximum absolute atomic E-state index is 12.8. The predicted octanol–water partition coefficient (Wildman–Crippen LogP) is 3.71. The molecule has 0 radical (unpaired) electrons. The van der Waals surface area contributed by atoms with Gasteiger partial charge in [0.1, 0.15) is 19.0 Å². The Labute approximate surface area is 177 Å². The van der Waals surface area contributed by atoms with Crippen LogP contribution in [0.5, 0.6) is 11.5 Å². The van der Waals surface area contributed by atoms with Gasteiger partial charge >= 0.3 is 0 Å². The van der Waals surface area contributed by atoms with Crippen LogP contribution in [0.4, 0.5) is 5.69 Å². The van der Waals surface area contributed by atoms with E-state index in [4.69, 9.17) is 13.9 Å². The Morgan fingerprint density at radius 3 is 2.63 bits per heavy atom. The van der Waals surface area contributed by atoms with E-state index in [0.717, 1.165) is 4.90 Å². The summed E-state index contributed by atoms with van der Waals surface area (Å²) >= 11 is 1.31. The number of carbonyl (C=O) groups is 2. The number of nitrogens with one attached hydrogen (secondary N) is 2. The number of carbonyl (C=O) groups excluding carboxylic acids is 2. The zero-order valence-corrected chi connectivity index (χ0v) is 16.9. The third-order valence-corrected chi connectivity index (χ3v) is 5.40. The molecule has 1 aromatic heterocycles. The molecule has 0 fully saturated rings. The highest BCUT2D eigenvalue weighted by molar-refractivity contribution is 8.00. The van der Waals surface area contributed by atoms with E-state index in [2.05, 4.69) is 10.6 Å². The lowest BCUT2D eigenvalue weighted by Crippen LogP contribution is -2.24. The molecule has 2 amide bonds. The van der Waals surface area contributed by atoms with Gasteiger partial charge in [0.2, 0.25) is 5.91 Å². The Kier molecular flexibility index (Phi) is 6.24. The highest BCUT2D eigenvalue weighted by atomic mass is 32.2. The molecule has 30 heavy (non-hydrogen) atoms. The summed E-state index contributed by atoms with van der Waals surface area (Å²) in [7, 11) is 0. The topological polar surface area (TPSA) is 89.8 Å². The van der Waals surface area contributed by atoms with Crippen LogP contribution in [-0.2, 0) is 11.3 Å². The molecule has 154 valence electrons. The summed E-state index contributed by atoms with van der Waals surface area (Å²) in [6.45, 7) is 1.32. The van der Waals surface area contributed by atoms with Crippen molar-refractivity contribution in [2.45, 2.75) is 11.4 Å². The second-order valence-corrected chi connectivity index (χ2v) is 7.47. The van der Waals surface area contributed by atoms with Crippen LogP contribution in [0.15, 0.2) is 70.2 Å². The molecule has 7 nitrogen and oxygen atoms in total. The van der Waals surface area contributed by atoms with Crippen molar-refractivity contribution < 1.29 is 23.5 Å². The average Bonchev–Trinajstić information content (AvgIpc) is 3.30. The molecular formula is C22H20N2O5S. The number of hydrogen-bond acceptors (Lipinski definition) is 6. The Balaban J connectivity index is 1.37. The van der Waals surface area contributed by atoms with Gasteiger partial charge in [-0.15, -0.1) is 11.8 Å². The van der Waals surface area contributed by atoms with Crippen LogP contribution in [0.1, 0.15) is 16.1 Å². The second kappa shape index (κ2) is 9.41. The lowest BCUT2D eigenvalue weighted by Gasteiger charge is -2.19. The van der Waals surface area contributed by atoms with E-state index in [-0.39, 0.29) is 17.6 Å². The Hall–Kier alpha value is -3.39. The van der Waals surface area contributed by atoms with Crippen molar-refractivity contribution in [3.8, 4) is 11.5 Å². The number of ether oxygens (including phenoxy) is 2. The van der Waals surface area contributed by atoms with Crippen molar-refractivity contribution in [1.82, 2.24) is 5.32 Å². The first-order valence-electron chi connectivity index (χ1n) is 9.41. The summed E-state index contributed by atoms with van der Waals surface area (Å²) in [4.78, 5) is 25.7. The van der Waals surface area contributed by atoms with Crippen molar-refractivity contribution >= 4 is 29.3 Å². The number of anilines is 1. The molecule has 1 aliphatic heterocycles. The van der Waals surface area contributed by atoms with Crippen LogP contribution in [0, 0.1) is 0 Å². The minimum atomic E-state index is -0.259. The van der Waals surface area contributed by atoms with Gasteiger partial charge in [0.15, 0.2) is 11.5 Å². The number of furan rings is 1. The van der Waals surface area contributed by atoms with Gasteiger partial charge in [-0.3, -0.25) is 9.59 Å². The molecule has 0 atom stereocenters. The van der Waals surface area contributed by atoms with Crippen LogP contribution in [-0.4, -0.2) is 30.8 Å². The van der Waals surface area contributed by atoms with Gasteiger partial charge in [-0.2, -0.15) is 0 Å². The molecule has 2 aromatic carbocycles. The van der Waals surface area contributed by atoms with E-state index < -0.39 is 0 Å². The van der Waals surface area contributed by atoms with Gasteiger partial charge in [0.25, 0.3) is 5.91 Å². The molecule has 0 saturated heterocycles. The minimum Gasteiger partial charge on any atom is -0.486 e. The van der Waals surface area contributed by atoms with E-state index in [0.29, 0.717) is 48.3 Å². The van der Waals surface area contributed by atoms with E-state index >= 15 is 0 Å². The van der Waals surface area contributed by atoms with E-state index in [1.54, 1.807) is 48.7 Å². The fourth-order valence-electron chi connectivity index (χ4n) is 2.89. The molecule has 2 heterocycles. The number of benzene rings is 2. The van der Waals surface area contributed by atoms with Crippen LogP contribution in [0.2, 0.25) is 0 Å². The summed E-state index contributed by atoms with van der Waals surface area (Å²) in [6, 6.07) is 16.0.